The van der Waals surface area contributed by atoms with Gasteiger partial charge in [-0.05, 0) is 70.9 Å². The first-order valence-corrected chi connectivity index (χ1v) is 13.1. The lowest BCUT2D eigenvalue weighted by molar-refractivity contribution is -0.138. The number of methoxy groups -OCH3 is 1. The van der Waals surface area contributed by atoms with Crippen molar-refractivity contribution in [3.8, 4) is 5.75 Å². The second kappa shape index (κ2) is 10.6. The van der Waals surface area contributed by atoms with Gasteiger partial charge >= 0.3 is 11.8 Å². The molecule has 36 heavy (non-hydrogen) atoms. The Bertz CT molecular complexity index is 1150. The minimum Gasteiger partial charge on any atom is -0.497 e. The monoisotopic (exact) mass is 500 g/mol. The van der Waals surface area contributed by atoms with Gasteiger partial charge in [0, 0.05) is 51.8 Å². The van der Waals surface area contributed by atoms with Crippen molar-refractivity contribution in [2.75, 3.05) is 33.3 Å². The van der Waals surface area contributed by atoms with Gasteiger partial charge in [-0.25, -0.2) is 9.59 Å². The molecule has 0 unspecified atom stereocenters. The van der Waals surface area contributed by atoms with E-state index in [1.54, 1.807) is 23.6 Å². The number of aryl methyl sites for hydroxylation is 2. The number of ether oxygens (including phenoxy) is 2. The third-order valence-corrected chi connectivity index (χ3v) is 7.55. The molecule has 1 aromatic carbocycles. The Kier molecular flexibility index (Phi) is 7.66. The molecule has 4 rings (SSSR count). The maximum absolute atomic E-state index is 13.1. The van der Waals surface area contributed by atoms with Crippen LogP contribution in [0.4, 0.5) is 4.79 Å². The highest BCUT2D eigenvalue weighted by Crippen LogP contribution is 2.33. The molecule has 2 aromatic rings. The summed E-state index contributed by atoms with van der Waals surface area (Å²) in [4.78, 5) is 41.8. The Balaban J connectivity index is 1.26. The molecule has 198 valence electrons. The summed E-state index contributed by atoms with van der Waals surface area (Å²) in [7, 11) is 3.44. The zero-order valence-electron chi connectivity index (χ0n) is 22.3. The summed E-state index contributed by atoms with van der Waals surface area (Å²) in [5, 5.41) is 0. The van der Waals surface area contributed by atoms with Gasteiger partial charge < -0.3 is 19.3 Å². The van der Waals surface area contributed by atoms with Crippen molar-refractivity contribution in [3.63, 3.8) is 0 Å². The number of fused-ring (bicyclic) bond motifs is 1. The van der Waals surface area contributed by atoms with Gasteiger partial charge in [0.2, 0.25) is 5.91 Å². The normalized spacial score (nSPS) is 21.0. The molecule has 0 spiro atoms. The highest BCUT2D eigenvalue weighted by Gasteiger charge is 2.33. The molecule has 1 saturated carbocycles. The zero-order chi connectivity index (χ0) is 26.0. The number of carbonyl (C=O) groups excluding carboxylic acids is 2. The average Bonchev–Trinajstić information content (AvgIpc) is 3.10. The van der Waals surface area contributed by atoms with E-state index < -0.39 is 5.60 Å². The highest BCUT2D eigenvalue weighted by molar-refractivity contribution is 5.79. The fraction of sp³-hybridized carbons (Fsp3) is 0.667. The number of imidazole rings is 1. The van der Waals surface area contributed by atoms with Crippen molar-refractivity contribution in [1.82, 2.24) is 18.9 Å². The Labute approximate surface area is 212 Å². The second-order valence-electron chi connectivity index (χ2n) is 11.1. The lowest BCUT2D eigenvalue weighted by atomic mass is 9.80. The summed E-state index contributed by atoms with van der Waals surface area (Å²) in [5.41, 5.74) is 1.28. The van der Waals surface area contributed by atoms with Gasteiger partial charge in [0.15, 0.2) is 0 Å². The van der Waals surface area contributed by atoms with E-state index in [2.05, 4.69) is 0 Å². The van der Waals surface area contributed by atoms with Gasteiger partial charge in [-0.3, -0.25) is 13.9 Å². The first-order chi connectivity index (χ1) is 17.1. The van der Waals surface area contributed by atoms with E-state index in [1.807, 2.05) is 48.4 Å². The molecule has 1 aliphatic carbocycles. The van der Waals surface area contributed by atoms with Crippen LogP contribution in [0.25, 0.3) is 11.0 Å². The maximum Gasteiger partial charge on any atom is 0.410 e. The molecule has 9 heteroatoms. The highest BCUT2D eigenvalue weighted by atomic mass is 16.6. The van der Waals surface area contributed by atoms with Crippen LogP contribution in [0.1, 0.15) is 52.9 Å². The van der Waals surface area contributed by atoms with Crippen molar-refractivity contribution in [2.45, 2.75) is 65.0 Å². The number of piperazine rings is 1. The van der Waals surface area contributed by atoms with Crippen LogP contribution in [0.3, 0.4) is 0 Å². The van der Waals surface area contributed by atoms with Crippen LogP contribution in [0.5, 0.6) is 5.75 Å². The fourth-order valence-corrected chi connectivity index (χ4v) is 5.44. The number of rotatable bonds is 5. The molecular formula is C27H40N4O5. The van der Waals surface area contributed by atoms with Crippen LogP contribution in [-0.2, 0) is 23.1 Å². The molecule has 0 bridgehead atoms. The van der Waals surface area contributed by atoms with E-state index in [-0.39, 0.29) is 23.6 Å². The Morgan fingerprint density at radius 3 is 2.22 bits per heavy atom. The molecule has 2 aliphatic rings. The lowest BCUT2D eigenvalue weighted by Crippen LogP contribution is -2.53. The summed E-state index contributed by atoms with van der Waals surface area (Å²) < 4.78 is 14.3. The third kappa shape index (κ3) is 5.71. The van der Waals surface area contributed by atoms with Gasteiger partial charge in [-0.2, -0.15) is 0 Å². The van der Waals surface area contributed by atoms with E-state index in [0.29, 0.717) is 38.6 Å². The SMILES string of the molecule is COc1ccc2c(c1)n(CCC1CCC(C(=O)N3CCN(C(=O)OC(C)(C)C)CC3)CC1)c(=O)n2C. The fourth-order valence-electron chi connectivity index (χ4n) is 5.44. The van der Waals surface area contributed by atoms with E-state index in [9.17, 15) is 14.4 Å². The van der Waals surface area contributed by atoms with Crippen LogP contribution < -0.4 is 10.4 Å². The molecule has 2 fully saturated rings. The Hall–Kier alpha value is -2.97. The summed E-state index contributed by atoms with van der Waals surface area (Å²) in [6.07, 6.45) is 4.38. The molecule has 1 aliphatic heterocycles. The van der Waals surface area contributed by atoms with Gasteiger partial charge in [-0.15, -0.1) is 0 Å². The predicted octanol–water partition coefficient (Wildman–Crippen LogP) is 3.62. The Morgan fingerprint density at radius 1 is 0.972 bits per heavy atom. The second-order valence-corrected chi connectivity index (χ2v) is 11.1. The summed E-state index contributed by atoms with van der Waals surface area (Å²) in [6, 6.07) is 5.73. The lowest BCUT2D eigenvalue weighted by Gasteiger charge is -2.38. The van der Waals surface area contributed by atoms with Crippen molar-refractivity contribution in [3.05, 3.63) is 28.7 Å². The number of hydrogen-bond donors (Lipinski definition) is 0. The molecular weight excluding hydrogens is 460 g/mol. The molecule has 1 aromatic heterocycles. The van der Waals surface area contributed by atoms with Crippen molar-refractivity contribution < 1.29 is 19.1 Å². The number of aromatic nitrogens is 2. The standard InChI is InChI=1S/C27H40N4O5/c1-27(2,3)36-26(34)30-16-14-29(15-17-30)24(32)20-8-6-19(7-9-20)12-13-31-23-18-21(35-5)10-11-22(23)28(4)25(31)33/h10-11,18-20H,6-9,12-17H2,1-5H3. The summed E-state index contributed by atoms with van der Waals surface area (Å²) in [5.74, 6) is 1.52. The summed E-state index contributed by atoms with van der Waals surface area (Å²) in [6.45, 7) is 8.40. The number of hydrogen-bond acceptors (Lipinski definition) is 5. The maximum atomic E-state index is 13.1. The molecule has 1 saturated heterocycles. The van der Waals surface area contributed by atoms with Crippen molar-refractivity contribution in [1.29, 1.82) is 0 Å². The van der Waals surface area contributed by atoms with Crippen LogP contribution in [0.15, 0.2) is 23.0 Å². The van der Waals surface area contributed by atoms with E-state index in [0.717, 1.165) is 48.9 Å². The smallest absolute Gasteiger partial charge is 0.410 e. The topological polar surface area (TPSA) is 86.0 Å². The van der Waals surface area contributed by atoms with Gasteiger partial charge in [-0.1, -0.05) is 0 Å². The van der Waals surface area contributed by atoms with Gasteiger partial charge in [0.1, 0.15) is 11.4 Å². The van der Waals surface area contributed by atoms with Crippen LogP contribution in [-0.4, -0.2) is 69.8 Å². The Morgan fingerprint density at radius 2 is 1.61 bits per heavy atom. The quantitative estimate of drug-likeness (QED) is 0.626. The third-order valence-electron chi connectivity index (χ3n) is 7.55. The van der Waals surface area contributed by atoms with E-state index in [4.69, 9.17) is 9.47 Å². The minimum atomic E-state index is -0.517. The number of carbonyl (C=O) groups is 2. The van der Waals surface area contributed by atoms with E-state index in [1.165, 1.54) is 0 Å². The first kappa shape index (κ1) is 26.1. The molecule has 0 atom stereocenters. The van der Waals surface area contributed by atoms with Crippen molar-refractivity contribution in [2.24, 2.45) is 18.9 Å². The first-order valence-electron chi connectivity index (χ1n) is 13.1. The van der Waals surface area contributed by atoms with E-state index >= 15 is 0 Å². The van der Waals surface area contributed by atoms with Crippen LogP contribution >= 0.6 is 0 Å². The average molecular weight is 501 g/mol. The largest absolute Gasteiger partial charge is 0.497 e. The molecule has 2 amide bonds. The van der Waals surface area contributed by atoms with Crippen LogP contribution in [0, 0.1) is 11.8 Å². The van der Waals surface area contributed by atoms with Crippen molar-refractivity contribution >= 4 is 23.0 Å². The number of nitrogens with zero attached hydrogens (tertiary/aromatic N) is 4. The number of benzene rings is 1. The molecule has 2 heterocycles. The number of amides is 2. The summed E-state index contributed by atoms with van der Waals surface area (Å²) >= 11 is 0. The van der Waals surface area contributed by atoms with Gasteiger partial charge in [0.25, 0.3) is 0 Å². The molecule has 9 nitrogen and oxygen atoms in total. The zero-order valence-corrected chi connectivity index (χ0v) is 22.3. The minimum absolute atomic E-state index is 0.00681. The predicted molar refractivity (Wildman–Crippen MR) is 138 cm³/mol. The van der Waals surface area contributed by atoms with Crippen LogP contribution in [0.2, 0.25) is 0 Å². The molecule has 0 N–H and O–H groups in total. The van der Waals surface area contributed by atoms with Gasteiger partial charge in [0.05, 0.1) is 18.1 Å². The molecule has 0 radical (unpaired) electrons.